The van der Waals surface area contributed by atoms with Crippen molar-refractivity contribution in [3.63, 3.8) is 0 Å². The third-order valence-electron chi connectivity index (χ3n) is 8.28. The van der Waals surface area contributed by atoms with Gasteiger partial charge in [-0.2, -0.15) is 0 Å². The first kappa shape index (κ1) is 35.1. The van der Waals surface area contributed by atoms with Crippen molar-refractivity contribution in [1.29, 1.82) is 0 Å². The molecule has 0 aliphatic carbocycles. The van der Waals surface area contributed by atoms with Crippen LogP contribution in [-0.4, -0.2) is 41.1 Å². The van der Waals surface area contributed by atoms with Crippen LogP contribution in [0.5, 0.6) is 5.75 Å². The molecule has 1 aliphatic heterocycles. The number of amides is 2. The Morgan fingerprint density at radius 1 is 0.854 bits per heavy atom. The van der Waals surface area contributed by atoms with Crippen molar-refractivity contribution in [2.75, 3.05) is 12.9 Å². The van der Waals surface area contributed by atoms with E-state index >= 15 is 0 Å². The molecule has 48 heavy (non-hydrogen) atoms. The van der Waals surface area contributed by atoms with Crippen molar-refractivity contribution in [2.45, 2.75) is 68.6 Å². The maximum absolute atomic E-state index is 12.4. The van der Waals surface area contributed by atoms with Crippen molar-refractivity contribution >= 4 is 23.6 Å². The molecule has 0 spiro atoms. The largest absolute Gasteiger partial charge is 0.496 e. The van der Waals surface area contributed by atoms with E-state index in [1.165, 1.54) is 0 Å². The van der Waals surface area contributed by atoms with Crippen LogP contribution in [0.15, 0.2) is 102 Å². The van der Waals surface area contributed by atoms with Crippen LogP contribution in [0, 0.1) is 0 Å². The van der Waals surface area contributed by atoms with Gasteiger partial charge >= 0.3 is 0 Å². The van der Waals surface area contributed by atoms with Crippen molar-refractivity contribution in [2.24, 2.45) is 0 Å². The standard InChI is InChI=1S/C38H42N2O7S/c1-45-33-10-4-5-11-35(33)48-25-31-22-34(28-16-14-26(24-41)15-17-28)47-38(46-31)29-20-18-27(19-21-29)32-9-3-2-8-30(32)23-39-36(42)12-6-7-13-37(43)40-44/h2-5,8-11,14-21,31,34,38,41,44H,6-7,12-13,22-25H2,1H3,(H,39,42)(H,40,43)/t31-,34+,38+/m1/s1. The summed E-state index contributed by atoms with van der Waals surface area (Å²) in [7, 11) is 1.68. The van der Waals surface area contributed by atoms with Crippen LogP contribution in [0.2, 0.25) is 0 Å². The Kier molecular flexibility index (Phi) is 13.0. The molecule has 10 heteroatoms. The molecule has 0 aromatic heterocycles. The Bertz CT molecular complexity index is 1630. The minimum Gasteiger partial charge on any atom is -0.496 e. The number of aliphatic hydroxyl groups is 1. The normalized spacial score (nSPS) is 17.4. The SMILES string of the molecule is COc1ccccc1SC[C@H]1C[C@@H](c2ccc(CO)cc2)O[C@@H](c2ccc(-c3ccccc3CNC(=O)CCCCC(=O)NO)cc2)O1. The predicted molar refractivity (Wildman–Crippen MR) is 184 cm³/mol. The summed E-state index contributed by atoms with van der Waals surface area (Å²) in [6.07, 6.45) is 1.41. The van der Waals surface area contributed by atoms with Gasteiger partial charge in [-0.05, 0) is 52.8 Å². The number of thioether (sulfide) groups is 1. The lowest BCUT2D eigenvalue weighted by Crippen LogP contribution is -2.31. The zero-order valence-corrected chi connectivity index (χ0v) is 27.8. The van der Waals surface area contributed by atoms with Gasteiger partial charge in [-0.1, -0.05) is 84.9 Å². The zero-order chi connectivity index (χ0) is 33.7. The average molecular weight is 671 g/mol. The predicted octanol–water partition coefficient (Wildman–Crippen LogP) is 6.87. The molecule has 9 nitrogen and oxygen atoms in total. The molecule has 0 saturated carbocycles. The van der Waals surface area contributed by atoms with E-state index in [9.17, 15) is 14.7 Å². The molecular weight excluding hydrogens is 628 g/mol. The van der Waals surface area contributed by atoms with Gasteiger partial charge in [0.2, 0.25) is 11.8 Å². The number of carbonyl (C=O) groups excluding carboxylic acids is 2. The summed E-state index contributed by atoms with van der Waals surface area (Å²) < 4.78 is 18.7. The molecule has 3 atom stereocenters. The van der Waals surface area contributed by atoms with Gasteiger partial charge < -0.3 is 24.6 Å². The number of hydroxylamine groups is 1. The Labute approximate surface area is 285 Å². The summed E-state index contributed by atoms with van der Waals surface area (Å²) in [5, 5.41) is 21.1. The van der Waals surface area contributed by atoms with Crippen molar-refractivity contribution < 1.29 is 34.1 Å². The van der Waals surface area contributed by atoms with Gasteiger partial charge in [0.1, 0.15) is 5.75 Å². The van der Waals surface area contributed by atoms with Crippen molar-refractivity contribution in [1.82, 2.24) is 10.8 Å². The second-order valence-corrected chi connectivity index (χ2v) is 12.7. The number of nitrogens with one attached hydrogen (secondary N) is 2. The fraction of sp³-hybridized carbons (Fsp3) is 0.316. The molecule has 252 valence electrons. The van der Waals surface area contributed by atoms with Gasteiger partial charge in [-0.25, -0.2) is 5.48 Å². The first-order valence-electron chi connectivity index (χ1n) is 16.1. The second kappa shape index (κ2) is 17.8. The van der Waals surface area contributed by atoms with E-state index in [1.807, 2.05) is 91.0 Å². The van der Waals surface area contributed by atoms with Crippen molar-refractivity contribution in [3.05, 3.63) is 119 Å². The maximum Gasteiger partial charge on any atom is 0.243 e. The average Bonchev–Trinajstić information content (AvgIpc) is 3.15. The van der Waals surface area contributed by atoms with Gasteiger partial charge in [0.25, 0.3) is 0 Å². The smallest absolute Gasteiger partial charge is 0.243 e. The lowest BCUT2D eigenvalue weighted by molar-refractivity contribution is -0.245. The van der Waals surface area contributed by atoms with E-state index in [0.29, 0.717) is 32.2 Å². The highest BCUT2D eigenvalue weighted by Gasteiger charge is 2.32. The number of hydrogen-bond donors (Lipinski definition) is 4. The first-order chi connectivity index (χ1) is 23.5. The van der Waals surface area contributed by atoms with Crippen LogP contribution < -0.4 is 15.5 Å². The number of unbranched alkanes of at least 4 members (excludes halogenated alkanes) is 1. The molecule has 0 bridgehead atoms. The summed E-state index contributed by atoms with van der Waals surface area (Å²) in [5.41, 5.74) is 7.42. The molecule has 1 heterocycles. The van der Waals surface area contributed by atoms with Gasteiger partial charge in [0, 0.05) is 42.0 Å². The number of rotatable bonds is 15. The summed E-state index contributed by atoms with van der Waals surface area (Å²) in [4.78, 5) is 24.7. The molecule has 1 saturated heterocycles. The number of methoxy groups -OCH3 is 1. The molecule has 4 aromatic carbocycles. The monoisotopic (exact) mass is 670 g/mol. The van der Waals surface area contributed by atoms with E-state index in [-0.39, 0.29) is 31.1 Å². The zero-order valence-electron chi connectivity index (χ0n) is 27.0. The number of ether oxygens (including phenoxy) is 3. The number of benzene rings is 4. The summed E-state index contributed by atoms with van der Waals surface area (Å²) in [6.45, 7) is 0.371. The Hall–Kier alpha value is -4.19. The topological polar surface area (TPSA) is 126 Å². The van der Waals surface area contributed by atoms with E-state index in [2.05, 4.69) is 11.4 Å². The highest BCUT2D eigenvalue weighted by atomic mass is 32.2. The Balaban J connectivity index is 1.27. The van der Waals surface area contributed by atoms with Crippen LogP contribution in [0.4, 0.5) is 0 Å². The highest BCUT2D eigenvalue weighted by molar-refractivity contribution is 7.99. The minimum atomic E-state index is -0.573. The molecular formula is C38H42N2O7S. The van der Waals surface area contributed by atoms with Crippen LogP contribution in [0.25, 0.3) is 11.1 Å². The Morgan fingerprint density at radius 3 is 2.27 bits per heavy atom. The van der Waals surface area contributed by atoms with Crippen LogP contribution in [0.3, 0.4) is 0 Å². The third-order valence-corrected chi connectivity index (χ3v) is 9.47. The molecule has 4 aromatic rings. The highest BCUT2D eigenvalue weighted by Crippen LogP contribution is 2.41. The summed E-state index contributed by atoms with van der Waals surface area (Å²) >= 11 is 1.70. The second-order valence-electron chi connectivity index (χ2n) is 11.6. The molecule has 2 amide bonds. The fourth-order valence-corrected chi connectivity index (χ4v) is 6.68. The van der Waals surface area contributed by atoms with E-state index in [0.717, 1.165) is 49.8 Å². The summed E-state index contributed by atoms with van der Waals surface area (Å²) in [6, 6.07) is 32.0. The summed E-state index contributed by atoms with van der Waals surface area (Å²) in [5.74, 6) is 1.02. The number of para-hydroxylation sites is 1. The van der Waals surface area contributed by atoms with E-state index in [4.69, 9.17) is 19.4 Å². The maximum atomic E-state index is 12.4. The van der Waals surface area contributed by atoms with Crippen molar-refractivity contribution in [3.8, 4) is 16.9 Å². The Morgan fingerprint density at radius 2 is 1.54 bits per heavy atom. The first-order valence-corrected chi connectivity index (χ1v) is 17.1. The molecule has 0 unspecified atom stereocenters. The number of aliphatic hydroxyl groups excluding tert-OH is 1. The molecule has 4 N–H and O–H groups in total. The fourth-order valence-electron chi connectivity index (χ4n) is 5.63. The van der Waals surface area contributed by atoms with Crippen LogP contribution in [-0.2, 0) is 32.2 Å². The lowest BCUT2D eigenvalue weighted by Gasteiger charge is -2.36. The van der Waals surface area contributed by atoms with Gasteiger partial charge in [0.15, 0.2) is 6.29 Å². The quantitative estimate of drug-likeness (QED) is 0.0467. The molecule has 1 aliphatic rings. The minimum absolute atomic E-state index is 0.00898. The van der Waals surface area contributed by atoms with E-state index < -0.39 is 12.2 Å². The molecule has 5 rings (SSSR count). The molecule has 0 radical (unpaired) electrons. The lowest BCUT2D eigenvalue weighted by atomic mass is 9.97. The van der Waals surface area contributed by atoms with Gasteiger partial charge in [-0.3, -0.25) is 14.8 Å². The van der Waals surface area contributed by atoms with Gasteiger partial charge in [-0.15, -0.1) is 11.8 Å². The van der Waals surface area contributed by atoms with Gasteiger partial charge in [0.05, 0.1) is 25.9 Å². The van der Waals surface area contributed by atoms with Crippen LogP contribution >= 0.6 is 11.8 Å². The molecule has 1 fully saturated rings. The van der Waals surface area contributed by atoms with Crippen LogP contribution in [0.1, 0.15) is 66.8 Å². The number of hydrogen-bond acceptors (Lipinski definition) is 8. The third kappa shape index (κ3) is 9.68. The van der Waals surface area contributed by atoms with E-state index in [1.54, 1.807) is 24.4 Å². The number of carbonyl (C=O) groups is 2.